The summed E-state index contributed by atoms with van der Waals surface area (Å²) in [5.41, 5.74) is 7.82. The van der Waals surface area contributed by atoms with Gasteiger partial charge in [-0.05, 0) is 0 Å². The van der Waals surface area contributed by atoms with Crippen LogP contribution in [0.25, 0.3) is 5.52 Å². The molecule has 1 aliphatic heterocycles. The Morgan fingerprint density at radius 1 is 1.29 bits per heavy atom. The van der Waals surface area contributed by atoms with Crippen molar-refractivity contribution in [2.24, 2.45) is 0 Å². The molecule has 1 fully saturated rings. The summed E-state index contributed by atoms with van der Waals surface area (Å²) in [6.07, 6.45) is 3.44. The topological polar surface area (TPSA) is 104 Å². The average Bonchev–Trinajstić information content (AvgIpc) is 3.22. The summed E-state index contributed by atoms with van der Waals surface area (Å²) in [5, 5.41) is 7.56. The van der Waals surface area contributed by atoms with Gasteiger partial charge in [0, 0.05) is 0 Å². The second-order valence-electron chi connectivity index (χ2n) is 8.98. The number of amides is 1. The molecule has 4 rings (SSSR count). The maximum atomic E-state index is 11.9. The molecular formula is C23H27BBrIN5O3-. The zero-order chi connectivity index (χ0) is 24.8. The number of nitrogens with two attached hydrogens (primary N) is 1. The molecule has 0 saturated carbocycles. The third-order valence-corrected chi connectivity index (χ3v) is 11.2. The van der Waals surface area contributed by atoms with Crippen LogP contribution in [0.2, 0.25) is 0 Å². The van der Waals surface area contributed by atoms with Gasteiger partial charge in [0.2, 0.25) is 0 Å². The molecule has 0 aliphatic carbocycles. The van der Waals surface area contributed by atoms with E-state index in [4.69, 9.17) is 20.1 Å². The molecular weight excluding hydrogens is 612 g/mol. The third kappa shape index (κ3) is 4.50. The summed E-state index contributed by atoms with van der Waals surface area (Å²) < 4.78 is 16.8. The van der Waals surface area contributed by atoms with Gasteiger partial charge in [0.05, 0.1) is 0 Å². The number of benzene rings is 1. The summed E-state index contributed by atoms with van der Waals surface area (Å²) >= 11 is 3.11. The van der Waals surface area contributed by atoms with Gasteiger partial charge in [-0.15, -0.1) is 0 Å². The van der Waals surface area contributed by atoms with Crippen LogP contribution in [0.5, 0.6) is 0 Å². The molecule has 2 unspecified atom stereocenters. The van der Waals surface area contributed by atoms with E-state index in [0.29, 0.717) is 17.1 Å². The average molecular weight is 639 g/mol. The first kappa shape index (κ1) is 25.1. The molecule has 11 heteroatoms. The van der Waals surface area contributed by atoms with Crippen LogP contribution in [0, 0.1) is 3.70 Å². The van der Waals surface area contributed by atoms with E-state index in [0.717, 1.165) is 19.2 Å². The van der Waals surface area contributed by atoms with Crippen molar-refractivity contribution < 1.29 is 35.3 Å². The number of anilines is 2. The normalized spacial score (nSPS) is 20.6. The Balaban J connectivity index is 1.54. The molecule has 1 aromatic carbocycles. The molecule has 0 radical (unpaired) electrons. The molecule has 8 nitrogen and oxygen atoms in total. The number of carbonyl (C=O) groups excluding carboxylic acids is 1. The molecule has 3 aromatic rings. The zero-order valence-electron chi connectivity index (χ0n) is 19.7. The molecule has 3 heterocycles. The van der Waals surface area contributed by atoms with Crippen molar-refractivity contribution in [3.05, 3.63) is 57.0 Å². The van der Waals surface area contributed by atoms with E-state index in [9.17, 15) is 4.79 Å². The quantitative estimate of drug-likeness (QED) is 0.173. The van der Waals surface area contributed by atoms with Crippen molar-refractivity contribution in [3.63, 3.8) is 0 Å². The minimum atomic E-state index is -0.575. The molecule has 2 aromatic heterocycles. The van der Waals surface area contributed by atoms with Crippen molar-refractivity contribution in [2.45, 2.75) is 49.7 Å². The van der Waals surface area contributed by atoms with E-state index >= 15 is 0 Å². The van der Waals surface area contributed by atoms with Gasteiger partial charge in [-0.3, -0.25) is 0 Å². The maximum absolute atomic E-state index is 11.9. The van der Waals surface area contributed by atoms with Crippen LogP contribution in [0.1, 0.15) is 34.6 Å². The van der Waals surface area contributed by atoms with Crippen LogP contribution in [-0.2, 0) is 14.1 Å². The zero-order valence-corrected chi connectivity index (χ0v) is 23.5. The van der Waals surface area contributed by atoms with Crippen molar-refractivity contribution >= 4 is 51.4 Å². The molecule has 180 valence electrons. The fourth-order valence-electron chi connectivity index (χ4n) is 3.73. The summed E-state index contributed by atoms with van der Waals surface area (Å²) in [7, 11) is -0.512. The number of nitrogens with one attached hydrogen (secondary N) is 1. The number of halogens is 2. The van der Waals surface area contributed by atoms with Crippen LogP contribution >= 0.6 is 15.9 Å². The third-order valence-electron chi connectivity index (χ3n) is 6.28. The Morgan fingerprint density at radius 2 is 1.97 bits per heavy atom. The Hall–Kier alpha value is -1.96. The van der Waals surface area contributed by atoms with Gasteiger partial charge in [-0.2, -0.15) is 0 Å². The summed E-state index contributed by atoms with van der Waals surface area (Å²) in [5.74, 6) is 0.239. The first-order chi connectivity index (χ1) is 15.9. The van der Waals surface area contributed by atoms with Gasteiger partial charge in [0.1, 0.15) is 0 Å². The van der Waals surface area contributed by atoms with Crippen molar-refractivity contribution in [2.75, 3.05) is 11.1 Å². The van der Waals surface area contributed by atoms with Gasteiger partial charge in [0.15, 0.2) is 0 Å². The van der Waals surface area contributed by atoms with Crippen molar-refractivity contribution in [3.8, 4) is 0 Å². The van der Waals surface area contributed by atoms with Crippen LogP contribution in [0.15, 0.2) is 53.3 Å². The number of nitrogen functional groups attached to an aromatic ring is 1. The van der Waals surface area contributed by atoms with Gasteiger partial charge < -0.3 is 0 Å². The van der Waals surface area contributed by atoms with Gasteiger partial charge >= 0.3 is 219 Å². The van der Waals surface area contributed by atoms with Crippen LogP contribution in [-0.4, -0.2) is 42.8 Å². The van der Waals surface area contributed by atoms with E-state index in [1.807, 2.05) is 24.3 Å². The van der Waals surface area contributed by atoms with Crippen LogP contribution < -0.4 is 37.7 Å². The molecule has 1 amide bonds. The Bertz CT molecular complexity index is 1270. The van der Waals surface area contributed by atoms with Crippen molar-refractivity contribution in [1.82, 2.24) is 14.6 Å². The summed E-state index contributed by atoms with van der Waals surface area (Å²) in [6, 6.07) is 7.51. The summed E-state index contributed by atoms with van der Waals surface area (Å²) in [4.78, 5) is 16.0. The minimum absolute atomic E-state index is 0.177. The second-order valence-corrected chi connectivity index (χ2v) is 13.3. The second kappa shape index (κ2) is 9.25. The predicted molar refractivity (Wildman–Crippen MR) is 133 cm³/mol. The number of fused-ring (bicyclic) bond motifs is 1. The van der Waals surface area contributed by atoms with Gasteiger partial charge in [-0.1, -0.05) is 0 Å². The van der Waals surface area contributed by atoms with Gasteiger partial charge in [-0.25, -0.2) is 0 Å². The number of alkyl halides is 1. The molecule has 0 bridgehead atoms. The van der Waals surface area contributed by atoms with Crippen LogP contribution in [0.3, 0.4) is 0 Å². The van der Waals surface area contributed by atoms with E-state index in [1.165, 1.54) is 0 Å². The first-order valence-corrected chi connectivity index (χ1v) is 13.9. The van der Waals surface area contributed by atoms with E-state index in [1.54, 1.807) is 23.8 Å². The predicted octanol–water partition coefficient (Wildman–Crippen LogP) is 0.215. The van der Waals surface area contributed by atoms with Crippen molar-refractivity contribution in [1.29, 1.82) is 0 Å². The molecule has 1 saturated heterocycles. The number of aromatic nitrogens is 3. The molecule has 1 aliphatic rings. The van der Waals surface area contributed by atoms with Crippen LogP contribution in [0.4, 0.5) is 11.5 Å². The molecule has 34 heavy (non-hydrogen) atoms. The molecule has 0 spiro atoms. The Kier molecular flexibility index (Phi) is 6.84. The summed E-state index contributed by atoms with van der Waals surface area (Å²) in [6.45, 7) is 13.8. The number of carbonyl (C=O) groups is 1. The van der Waals surface area contributed by atoms with E-state index in [2.05, 4.69) is 60.5 Å². The Labute approximate surface area is 218 Å². The SMILES string of the molecule is C=C(C)C(=O)Nc1ccc(B2OC(C)(C)C(C)(C(C)[I-]c3nn4ccnc(N)c4c3Br)O2)cc1. The fourth-order valence-corrected chi connectivity index (χ4v) is 8.04. The number of hydrogen-bond acceptors (Lipinski definition) is 6. The molecule has 3 N–H and O–H groups in total. The van der Waals surface area contributed by atoms with E-state index in [-0.39, 0.29) is 9.83 Å². The standard InChI is InChI=1S/C23H27BBrIN5O3/c1-13(2)21(32)29-16-9-7-15(8-10-16)24-33-22(4,5)23(6,34-24)14(3)26-19-17(25)18-20(27)28-11-12-31(18)30-19/h7-12,14H,1H2,2-6H3,(H2,27,28)(H,29,32)/q-1. The van der Waals surface area contributed by atoms with Gasteiger partial charge in [0.25, 0.3) is 0 Å². The number of hydrogen-bond donors (Lipinski definition) is 2. The molecule has 2 atom stereocenters. The monoisotopic (exact) mass is 638 g/mol. The first-order valence-electron chi connectivity index (χ1n) is 10.8. The fraction of sp³-hybridized carbons (Fsp3) is 0.348. The Morgan fingerprint density at radius 3 is 2.59 bits per heavy atom. The van der Waals surface area contributed by atoms with E-state index < -0.39 is 39.5 Å². The number of nitrogens with zero attached hydrogens (tertiary/aromatic N) is 3. The number of rotatable bonds is 6.